The van der Waals surface area contributed by atoms with Gasteiger partial charge < -0.3 is 5.11 Å². The Bertz CT molecular complexity index is 426. The molecular weight excluding hydrogens is 260 g/mol. The van der Waals surface area contributed by atoms with Crippen LogP contribution in [0, 0.1) is 17.8 Å². The predicted octanol–water partition coefficient (Wildman–Crippen LogP) is 3.71. The van der Waals surface area contributed by atoms with Gasteiger partial charge in [-0.3, -0.25) is 4.68 Å². The van der Waals surface area contributed by atoms with E-state index in [1.807, 2.05) is 7.05 Å². The maximum atomic E-state index is 10.6. The minimum atomic E-state index is -0.456. The summed E-state index contributed by atoms with van der Waals surface area (Å²) in [5, 5.41) is 15.4. The largest absolute Gasteiger partial charge is 0.386 e. The van der Waals surface area contributed by atoms with Crippen LogP contribution in [0.25, 0.3) is 0 Å². The molecule has 0 radical (unpaired) electrons. The Morgan fingerprint density at radius 2 is 2.00 bits per heavy atom. The highest BCUT2D eigenvalue weighted by atomic mass is 35.5. The molecule has 0 aromatic carbocycles. The van der Waals surface area contributed by atoms with E-state index in [-0.39, 0.29) is 0 Å². The van der Waals surface area contributed by atoms with Gasteiger partial charge in [-0.15, -0.1) is 0 Å². The summed E-state index contributed by atoms with van der Waals surface area (Å²) in [4.78, 5) is 0. The molecule has 0 amide bonds. The molecule has 19 heavy (non-hydrogen) atoms. The number of hydrogen-bond donors (Lipinski definition) is 1. The summed E-state index contributed by atoms with van der Waals surface area (Å²) in [6.07, 6.45) is 10.3. The quantitative estimate of drug-likeness (QED) is 0.898. The van der Waals surface area contributed by atoms with Crippen LogP contribution >= 0.6 is 11.6 Å². The number of fused-ring (bicyclic) bond motifs is 1. The molecule has 4 atom stereocenters. The Balaban J connectivity index is 1.72. The summed E-state index contributed by atoms with van der Waals surface area (Å²) in [6.45, 7) is 0. The van der Waals surface area contributed by atoms with Crippen molar-refractivity contribution >= 4 is 11.6 Å². The van der Waals surface area contributed by atoms with Gasteiger partial charge in [-0.25, -0.2) is 0 Å². The third-order valence-corrected chi connectivity index (χ3v) is 5.54. The van der Waals surface area contributed by atoms with Crippen LogP contribution in [0.3, 0.4) is 0 Å². The first-order valence-electron chi connectivity index (χ1n) is 7.52. The maximum Gasteiger partial charge on any atom is 0.0999 e. The van der Waals surface area contributed by atoms with Crippen molar-refractivity contribution in [2.24, 2.45) is 24.8 Å². The third-order valence-electron chi connectivity index (χ3n) is 5.24. The van der Waals surface area contributed by atoms with Crippen molar-refractivity contribution in [3.05, 3.63) is 16.9 Å². The van der Waals surface area contributed by atoms with Crippen LogP contribution in [-0.4, -0.2) is 14.9 Å². The second-order valence-electron chi connectivity index (χ2n) is 6.32. The van der Waals surface area contributed by atoms with Gasteiger partial charge >= 0.3 is 0 Å². The fraction of sp³-hybridized carbons (Fsp3) is 0.800. The molecule has 1 aromatic rings. The Kier molecular flexibility index (Phi) is 3.86. The first-order valence-corrected chi connectivity index (χ1v) is 7.90. The molecule has 4 unspecified atom stereocenters. The molecular formula is C15H23ClN2O. The number of nitrogens with zero attached hydrogens (tertiary/aromatic N) is 2. The lowest BCUT2D eigenvalue weighted by Crippen LogP contribution is -2.31. The van der Waals surface area contributed by atoms with Gasteiger partial charge in [0.1, 0.15) is 0 Å². The molecule has 0 spiro atoms. The van der Waals surface area contributed by atoms with E-state index in [0.29, 0.717) is 10.9 Å². The normalized spacial score (nSPS) is 32.9. The van der Waals surface area contributed by atoms with E-state index < -0.39 is 6.10 Å². The topological polar surface area (TPSA) is 38.0 Å². The van der Waals surface area contributed by atoms with Gasteiger partial charge in [0.15, 0.2) is 0 Å². The van der Waals surface area contributed by atoms with Gasteiger partial charge in [0.2, 0.25) is 0 Å². The molecule has 2 aliphatic carbocycles. The van der Waals surface area contributed by atoms with Gasteiger partial charge in [0.25, 0.3) is 0 Å². The van der Waals surface area contributed by atoms with Crippen molar-refractivity contribution < 1.29 is 5.11 Å². The lowest BCUT2D eigenvalue weighted by molar-refractivity contribution is 0.0306. The minimum Gasteiger partial charge on any atom is -0.386 e. The van der Waals surface area contributed by atoms with Gasteiger partial charge in [-0.05, 0) is 37.0 Å². The van der Waals surface area contributed by atoms with Crippen LogP contribution in [0.5, 0.6) is 0 Å². The Hall–Kier alpha value is -0.540. The Morgan fingerprint density at radius 3 is 2.68 bits per heavy atom. The average molecular weight is 283 g/mol. The van der Waals surface area contributed by atoms with Crippen molar-refractivity contribution in [1.82, 2.24) is 9.78 Å². The number of rotatable bonds is 2. The van der Waals surface area contributed by atoms with Crippen LogP contribution in [0.1, 0.15) is 56.7 Å². The molecule has 1 heterocycles. The van der Waals surface area contributed by atoms with Gasteiger partial charge in [0.05, 0.1) is 23.0 Å². The zero-order valence-corrected chi connectivity index (χ0v) is 12.3. The highest BCUT2D eigenvalue weighted by molar-refractivity contribution is 6.31. The molecule has 2 aliphatic rings. The summed E-state index contributed by atoms with van der Waals surface area (Å²) < 4.78 is 1.72. The first kappa shape index (κ1) is 13.4. The third kappa shape index (κ3) is 2.55. The summed E-state index contributed by atoms with van der Waals surface area (Å²) >= 11 is 6.15. The monoisotopic (exact) mass is 282 g/mol. The van der Waals surface area contributed by atoms with Crippen LogP contribution < -0.4 is 0 Å². The highest BCUT2D eigenvalue weighted by Crippen LogP contribution is 2.46. The fourth-order valence-electron chi connectivity index (χ4n) is 4.17. The van der Waals surface area contributed by atoms with E-state index in [0.717, 1.165) is 30.4 Å². The van der Waals surface area contributed by atoms with Crippen molar-refractivity contribution in [2.75, 3.05) is 0 Å². The van der Waals surface area contributed by atoms with Crippen molar-refractivity contribution in [3.63, 3.8) is 0 Å². The zero-order valence-electron chi connectivity index (χ0n) is 11.6. The summed E-state index contributed by atoms with van der Waals surface area (Å²) in [5.41, 5.74) is 0.793. The summed E-state index contributed by atoms with van der Waals surface area (Å²) in [6, 6.07) is 0. The second kappa shape index (κ2) is 5.45. The smallest absolute Gasteiger partial charge is 0.0999 e. The van der Waals surface area contributed by atoms with Gasteiger partial charge in [0, 0.05) is 7.05 Å². The fourth-order valence-corrected chi connectivity index (χ4v) is 4.45. The summed E-state index contributed by atoms with van der Waals surface area (Å²) in [7, 11) is 1.86. The predicted molar refractivity (Wildman–Crippen MR) is 76.0 cm³/mol. The van der Waals surface area contributed by atoms with Crippen LogP contribution in [0.2, 0.25) is 5.02 Å². The molecule has 0 saturated heterocycles. The summed E-state index contributed by atoms with van der Waals surface area (Å²) in [5.74, 6) is 2.10. The van der Waals surface area contributed by atoms with E-state index >= 15 is 0 Å². The van der Waals surface area contributed by atoms with Gasteiger partial charge in [-0.2, -0.15) is 5.10 Å². The average Bonchev–Trinajstić information content (AvgIpc) is 2.77. The van der Waals surface area contributed by atoms with E-state index in [1.54, 1.807) is 10.9 Å². The van der Waals surface area contributed by atoms with E-state index in [2.05, 4.69) is 5.10 Å². The number of aliphatic hydroxyl groups excluding tert-OH is 1. The lowest BCUT2D eigenvalue weighted by atomic mass is 9.66. The number of aliphatic hydroxyl groups is 1. The van der Waals surface area contributed by atoms with E-state index in [4.69, 9.17) is 11.6 Å². The van der Waals surface area contributed by atoms with Crippen molar-refractivity contribution in [2.45, 2.75) is 51.0 Å². The Morgan fingerprint density at radius 1 is 1.26 bits per heavy atom. The lowest BCUT2D eigenvalue weighted by Gasteiger charge is -2.40. The first-order chi connectivity index (χ1) is 9.16. The molecule has 1 aromatic heterocycles. The molecule has 2 fully saturated rings. The van der Waals surface area contributed by atoms with Crippen LogP contribution in [-0.2, 0) is 7.05 Å². The molecule has 3 nitrogen and oxygen atoms in total. The standard InChI is InChI=1S/C15H23ClN2O/c1-18-14(13(16)9-17-18)15(19)12-7-6-10-4-2-3-5-11(10)8-12/h9-12,15,19H,2-8H2,1H3. The number of hydrogen-bond acceptors (Lipinski definition) is 2. The zero-order chi connectivity index (χ0) is 13.4. The number of aromatic nitrogens is 2. The van der Waals surface area contributed by atoms with Crippen molar-refractivity contribution in [3.8, 4) is 0 Å². The number of halogens is 1. The molecule has 0 bridgehead atoms. The number of aryl methyl sites for hydroxylation is 1. The minimum absolute atomic E-state index is 0.354. The van der Waals surface area contributed by atoms with E-state index in [1.165, 1.54) is 32.1 Å². The molecule has 3 rings (SSSR count). The highest BCUT2D eigenvalue weighted by Gasteiger charge is 2.36. The molecule has 4 heteroatoms. The van der Waals surface area contributed by atoms with Crippen LogP contribution in [0.15, 0.2) is 6.20 Å². The van der Waals surface area contributed by atoms with E-state index in [9.17, 15) is 5.11 Å². The maximum absolute atomic E-state index is 10.6. The van der Waals surface area contributed by atoms with Crippen molar-refractivity contribution in [1.29, 1.82) is 0 Å². The molecule has 106 valence electrons. The SMILES string of the molecule is Cn1ncc(Cl)c1C(O)C1CCC2CCCCC2C1. The van der Waals surface area contributed by atoms with Crippen LogP contribution in [0.4, 0.5) is 0 Å². The molecule has 2 saturated carbocycles. The molecule has 1 N–H and O–H groups in total. The van der Waals surface area contributed by atoms with Gasteiger partial charge in [-0.1, -0.05) is 37.3 Å². The second-order valence-corrected chi connectivity index (χ2v) is 6.73. The molecule has 0 aliphatic heterocycles. The Labute approximate surface area is 120 Å².